The number of nitrogens with zero attached hydrogens (tertiary/aromatic N) is 1. The number of thioether (sulfide) groups is 1. The van der Waals surface area contributed by atoms with Crippen LogP contribution in [0, 0.1) is 5.92 Å². The first-order valence-corrected chi connectivity index (χ1v) is 15.5. The number of fused-ring (bicyclic) bond motifs is 3. The molecule has 2 aliphatic heterocycles. The average molecular weight is 628 g/mol. The minimum absolute atomic E-state index is 0.191. The van der Waals surface area contributed by atoms with Gasteiger partial charge in [-0.1, -0.05) is 77.2 Å². The van der Waals surface area contributed by atoms with Gasteiger partial charge in [-0.05, 0) is 64.9 Å². The van der Waals surface area contributed by atoms with Gasteiger partial charge in [0.05, 0.1) is 16.6 Å². The maximum atomic E-state index is 13.8. The molecule has 0 bridgehead atoms. The second kappa shape index (κ2) is 11.0. The highest BCUT2D eigenvalue weighted by Crippen LogP contribution is 2.53. The normalized spacial score (nSPS) is 19.3. The Morgan fingerprint density at radius 2 is 1.65 bits per heavy atom. The lowest BCUT2D eigenvalue weighted by Crippen LogP contribution is -2.32. The molecule has 4 aromatic carbocycles. The van der Waals surface area contributed by atoms with Gasteiger partial charge in [-0.25, -0.2) is 4.90 Å². The van der Waals surface area contributed by atoms with E-state index in [2.05, 4.69) is 10.3 Å². The van der Waals surface area contributed by atoms with Crippen LogP contribution in [0.4, 0.5) is 11.4 Å². The summed E-state index contributed by atoms with van der Waals surface area (Å²) in [7, 11) is 0. The number of carbonyl (C=O) groups is 3. The number of benzene rings is 4. The lowest BCUT2D eigenvalue weighted by molar-refractivity contribution is -0.122. The molecule has 1 fully saturated rings. The first-order chi connectivity index (χ1) is 20.9. The van der Waals surface area contributed by atoms with Crippen LogP contribution in [0.1, 0.15) is 16.4 Å². The Morgan fingerprint density at radius 1 is 0.907 bits per heavy atom. The molecule has 5 aromatic rings. The maximum Gasteiger partial charge on any atom is 0.305 e. The molecule has 11 heteroatoms. The van der Waals surface area contributed by atoms with Crippen molar-refractivity contribution in [3.8, 4) is 5.75 Å². The van der Waals surface area contributed by atoms with Crippen molar-refractivity contribution in [2.75, 3.05) is 16.8 Å². The van der Waals surface area contributed by atoms with Crippen molar-refractivity contribution in [2.45, 2.75) is 16.2 Å². The van der Waals surface area contributed by atoms with Gasteiger partial charge in [0.1, 0.15) is 11.0 Å². The number of carbonyl (C=O) groups excluding carboxylic acids is 3. The number of nitrogens with one attached hydrogen (secondary N) is 2. The number of H-pyrrole nitrogens is 1. The van der Waals surface area contributed by atoms with Gasteiger partial charge in [0.15, 0.2) is 6.61 Å². The molecule has 3 heterocycles. The van der Waals surface area contributed by atoms with Crippen LogP contribution in [0.5, 0.6) is 5.75 Å². The fraction of sp³-hybridized carbons (Fsp3) is 0.125. The third-order valence-electron chi connectivity index (χ3n) is 7.55. The van der Waals surface area contributed by atoms with Crippen LogP contribution in [0.25, 0.3) is 10.8 Å². The Kier molecular flexibility index (Phi) is 7.04. The van der Waals surface area contributed by atoms with Crippen LogP contribution in [0.3, 0.4) is 0 Å². The lowest BCUT2D eigenvalue weighted by atomic mass is 9.83. The zero-order chi connectivity index (χ0) is 29.7. The summed E-state index contributed by atoms with van der Waals surface area (Å²) in [6.45, 7) is -0.191. The summed E-state index contributed by atoms with van der Waals surface area (Å²) < 4.78 is 5.74. The Hall–Kier alpha value is -4.38. The summed E-state index contributed by atoms with van der Waals surface area (Å²) in [6, 6.07) is 27.2. The van der Waals surface area contributed by atoms with Gasteiger partial charge in [-0.15, -0.1) is 0 Å². The fourth-order valence-electron chi connectivity index (χ4n) is 5.61. The van der Waals surface area contributed by atoms with Crippen molar-refractivity contribution >= 4 is 74.6 Å². The van der Waals surface area contributed by atoms with Gasteiger partial charge in [-0.3, -0.25) is 19.2 Å². The van der Waals surface area contributed by atoms with Crippen molar-refractivity contribution in [2.24, 2.45) is 5.92 Å². The van der Waals surface area contributed by atoms with E-state index in [0.29, 0.717) is 27.2 Å². The van der Waals surface area contributed by atoms with E-state index in [1.54, 1.807) is 36.4 Å². The summed E-state index contributed by atoms with van der Waals surface area (Å²) in [4.78, 5) is 56.8. The lowest BCUT2D eigenvalue weighted by Gasteiger charge is -2.29. The van der Waals surface area contributed by atoms with Gasteiger partial charge in [0.2, 0.25) is 11.8 Å². The number of ether oxygens (including phenoxy) is 1. The molecule has 0 spiro atoms. The quantitative estimate of drug-likeness (QED) is 0.222. The van der Waals surface area contributed by atoms with E-state index in [9.17, 15) is 19.2 Å². The van der Waals surface area contributed by atoms with Gasteiger partial charge in [0, 0.05) is 21.5 Å². The highest BCUT2D eigenvalue weighted by Gasteiger charge is 2.56. The number of hydrogen-bond donors (Lipinski definition) is 2. The van der Waals surface area contributed by atoms with Crippen molar-refractivity contribution in [3.63, 3.8) is 0 Å². The smallest absolute Gasteiger partial charge is 0.305 e. The van der Waals surface area contributed by atoms with Crippen molar-refractivity contribution in [1.29, 1.82) is 0 Å². The second-order valence-corrected chi connectivity index (χ2v) is 12.8. The Bertz CT molecular complexity index is 1950. The number of halogens is 1. The molecule has 43 heavy (non-hydrogen) atoms. The zero-order valence-corrected chi connectivity index (χ0v) is 24.7. The summed E-state index contributed by atoms with van der Waals surface area (Å²) in [6.07, 6.45) is 0. The Morgan fingerprint density at radius 3 is 2.42 bits per heavy atom. The van der Waals surface area contributed by atoms with Crippen LogP contribution in [0.15, 0.2) is 101 Å². The number of thiazole rings is 1. The molecule has 1 aromatic heterocycles. The third kappa shape index (κ3) is 5.11. The van der Waals surface area contributed by atoms with Crippen LogP contribution < -0.4 is 19.8 Å². The van der Waals surface area contributed by atoms with Crippen molar-refractivity contribution < 1.29 is 19.1 Å². The molecule has 3 atom stereocenters. The van der Waals surface area contributed by atoms with E-state index in [-0.39, 0.29) is 29.2 Å². The standard InChI is InChI=1S/C32H22ClN3O5S2/c33-20-8-11-22(12-9-20)36-30(38)26-25(27-29(35-32(40)43-27)42-28(26)31(36)39)18-6-13-23(14-7-18)41-16-24(37)34-21-10-5-17-3-1-2-4-19(17)15-21/h1-15,25-26,28H,16H2,(H,34,37)(H,35,40). The van der Waals surface area contributed by atoms with Crippen LogP contribution in [-0.2, 0) is 14.4 Å². The Labute approximate surface area is 258 Å². The number of aromatic amines is 1. The van der Waals surface area contributed by atoms with Crippen LogP contribution in [-0.4, -0.2) is 34.6 Å². The SMILES string of the molecule is O=C(COc1ccc(C2c3sc(=O)[nH]c3SC3C(=O)N(c4ccc(Cl)cc4)C(=O)C32)cc1)Nc1ccc2ccccc2c1. The van der Waals surface area contributed by atoms with E-state index in [0.717, 1.165) is 32.5 Å². The average Bonchev–Trinajstić information content (AvgIpc) is 3.51. The molecule has 214 valence electrons. The molecule has 0 aliphatic carbocycles. The number of aromatic nitrogens is 1. The minimum Gasteiger partial charge on any atom is -0.484 e. The summed E-state index contributed by atoms with van der Waals surface area (Å²) >= 11 is 8.30. The molecule has 2 aliphatic rings. The molecule has 3 amide bonds. The van der Waals surface area contributed by atoms with Crippen molar-refractivity contribution in [3.05, 3.63) is 116 Å². The monoisotopic (exact) mass is 627 g/mol. The fourth-order valence-corrected chi connectivity index (χ4v) is 8.25. The second-order valence-electron chi connectivity index (χ2n) is 10.2. The highest BCUT2D eigenvalue weighted by atomic mass is 35.5. The molecular weight excluding hydrogens is 606 g/mol. The van der Waals surface area contributed by atoms with E-state index in [1.807, 2.05) is 54.6 Å². The molecular formula is C32H22ClN3O5S2. The van der Waals surface area contributed by atoms with E-state index in [1.165, 1.54) is 16.7 Å². The summed E-state index contributed by atoms with van der Waals surface area (Å²) in [5, 5.41) is 5.37. The van der Waals surface area contributed by atoms with Gasteiger partial charge >= 0.3 is 4.87 Å². The van der Waals surface area contributed by atoms with Crippen LogP contribution in [0.2, 0.25) is 5.02 Å². The van der Waals surface area contributed by atoms with Gasteiger partial charge in [0.25, 0.3) is 5.91 Å². The highest BCUT2D eigenvalue weighted by molar-refractivity contribution is 8.00. The number of rotatable bonds is 6. The molecule has 1 saturated heterocycles. The Balaban J connectivity index is 1.10. The largest absolute Gasteiger partial charge is 0.484 e. The molecule has 8 nitrogen and oxygen atoms in total. The molecule has 0 radical (unpaired) electrons. The van der Waals surface area contributed by atoms with Crippen LogP contribution >= 0.6 is 34.7 Å². The molecule has 3 unspecified atom stereocenters. The van der Waals surface area contributed by atoms with E-state index < -0.39 is 17.1 Å². The number of imide groups is 1. The summed E-state index contributed by atoms with van der Waals surface area (Å²) in [5.41, 5.74) is 1.90. The predicted octanol–water partition coefficient (Wildman–Crippen LogP) is 6.06. The predicted molar refractivity (Wildman–Crippen MR) is 168 cm³/mol. The van der Waals surface area contributed by atoms with Gasteiger partial charge < -0.3 is 15.0 Å². The topological polar surface area (TPSA) is 109 Å². The van der Waals surface area contributed by atoms with E-state index >= 15 is 0 Å². The number of amides is 3. The third-order valence-corrected chi connectivity index (χ3v) is 10.2. The maximum absolute atomic E-state index is 13.8. The first-order valence-electron chi connectivity index (χ1n) is 13.4. The summed E-state index contributed by atoms with van der Waals surface area (Å²) in [5.74, 6) is -1.70. The molecule has 0 saturated carbocycles. The number of hydrogen-bond acceptors (Lipinski definition) is 7. The van der Waals surface area contributed by atoms with Crippen molar-refractivity contribution in [1.82, 2.24) is 4.98 Å². The van der Waals surface area contributed by atoms with E-state index in [4.69, 9.17) is 16.3 Å². The number of anilines is 2. The zero-order valence-electron chi connectivity index (χ0n) is 22.3. The first kappa shape index (κ1) is 27.5. The minimum atomic E-state index is -0.702. The molecule has 7 rings (SSSR count). The van der Waals surface area contributed by atoms with Gasteiger partial charge in [-0.2, -0.15) is 0 Å². The molecule has 2 N–H and O–H groups in total.